The molecule has 6 heteroatoms. The van der Waals surface area contributed by atoms with Gasteiger partial charge in [0, 0.05) is 18.1 Å². The van der Waals surface area contributed by atoms with Crippen molar-refractivity contribution in [2.45, 2.75) is 4.90 Å². The third-order valence-electron chi connectivity index (χ3n) is 2.19. The van der Waals surface area contributed by atoms with Gasteiger partial charge in [-0.2, -0.15) is 0 Å². The first kappa shape index (κ1) is 12.6. The number of nitrogens with two attached hydrogens (primary N) is 1. The highest BCUT2D eigenvalue weighted by atomic mass is 35.5. The van der Waals surface area contributed by atoms with Crippen LogP contribution in [0.4, 0.5) is 0 Å². The fourth-order valence-corrected chi connectivity index (χ4v) is 2.79. The highest BCUT2D eigenvalue weighted by Crippen LogP contribution is 2.37. The number of halogens is 2. The molecule has 1 aromatic carbocycles. The van der Waals surface area contributed by atoms with E-state index in [2.05, 4.69) is 4.99 Å². The molecule has 1 aliphatic heterocycles. The Bertz CT molecular complexity index is 499. The smallest absolute Gasteiger partial charge is 0.135 e. The molecule has 0 atom stereocenters. The van der Waals surface area contributed by atoms with Gasteiger partial charge in [-0.1, -0.05) is 41.0 Å². The minimum atomic E-state index is 0.532. The Morgan fingerprint density at radius 1 is 1.41 bits per heavy atom. The lowest BCUT2D eigenvalue weighted by molar-refractivity contribution is 0.467. The summed E-state index contributed by atoms with van der Waals surface area (Å²) in [6, 6.07) is 5.52. The van der Waals surface area contributed by atoms with Gasteiger partial charge >= 0.3 is 0 Å². The lowest BCUT2D eigenvalue weighted by Gasteiger charge is -2.20. The predicted octanol–water partition coefficient (Wildman–Crippen LogP) is 3.19. The van der Waals surface area contributed by atoms with Crippen LogP contribution in [0.25, 0.3) is 0 Å². The molecule has 0 bridgehead atoms. The molecular weight excluding hydrogens is 277 g/mol. The van der Waals surface area contributed by atoms with Crippen LogP contribution in [0.1, 0.15) is 0 Å². The van der Waals surface area contributed by atoms with E-state index >= 15 is 0 Å². The number of amidine groups is 1. The number of benzene rings is 1. The topological polar surface area (TPSA) is 41.6 Å². The third-order valence-corrected chi connectivity index (χ3v) is 4.22. The van der Waals surface area contributed by atoms with Crippen molar-refractivity contribution in [2.24, 2.45) is 10.7 Å². The van der Waals surface area contributed by atoms with E-state index in [4.69, 9.17) is 28.9 Å². The molecule has 3 nitrogen and oxygen atoms in total. The van der Waals surface area contributed by atoms with Crippen LogP contribution in [0.2, 0.25) is 10.0 Å². The van der Waals surface area contributed by atoms with Crippen LogP contribution in [-0.4, -0.2) is 24.5 Å². The normalized spacial score (nSPS) is 15.6. The molecule has 0 unspecified atom stereocenters. The highest BCUT2D eigenvalue weighted by Gasteiger charge is 2.14. The third kappa shape index (κ3) is 2.89. The molecule has 2 N–H and O–H groups in total. The Labute approximate surface area is 114 Å². The van der Waals surface area contributed by atoms with Gasteiger partial charge in [-0.25, -0.2) is 4.99 Å². The van der Waals surface area contributed by atoms with Gasteiger partial charge in [-0.05, 0) is 12.1 Å². The van der Waals surface area contributed by atoms with E-state index in [1.165, 1.54) is 11.8 Å². The van der Waals surface area contributed by atoms with Crippen LogP contribution in [0.15, 0.2) is 39.2 Å². The molecule has 0 fully saturated rings. The molecule has 1 heterocycles. The zero-order valence-electron chi connectivity index (χ0n) is 9.15. The Hall–Kier alpha value is -0.840. The largest absolute Gasteiger partial charge is 0.383 e. The minimum Gasteiger partial charge on any atom is -0.383 e. The van der Waals surface area contributed by atoms with Crippen LogP contribution < -0.4 is 5.73 Å². The summed E-state index contributed by atoms with van der Waals surface area (Å²) in [5.41, 5.74) is 5.84. The van der Waals surface area contributed by atoms with Gasteiger partial charge < -0.3 is 10.6 Å². The average molecular weight is 288 g/mol. The van der Waals surface area contributed by atoms with Crippen molar-refractivity contribution in [3.8, 4) is 0 Å². The van der Waals surface area contributed by atoms with E-state index < -0.39 is 0 Å². The fourth-order valence-electron chi connectivity index (χ4n) is 1.33. The van der Waals surface area contributed by atoms with Crippen LogP contribution >= 0.6 is 35.0 Å². The summed E-state index contributed by atoms with van der Waals surface area (Å²) in [5.74, 6) is 0.532. The summed E-state index contributed by atoms with van der Waals surface area (Å²) in [6.07, 6.45) is 1.95. The number of thioether (sulfide) groups is 1. The van der Waals surface area contributed by atoms with E-state index in [1.54, 1.807) is 6.07 Å². The average Bonchev–Trinajstić information content (AvgIpc) is 2.30. The summed E-state index contributed by atoms with van der Waals surface area (Å²) in [6.45, 7) is 0.583. The maximum absolute atomic E-state index is 6.12. The second kappa shape index (κ2) is 5.21. The molecule has 90 valence electrons. The molecule has 0 saturated heterocycles. The van der Waals surface area contributed by atoms with Gasteiger partial charge in [-0.3, -0.25) is 0 Å². The molecule has 1 aromatic rings. The highest BCUT2D eigenvalue weighted by molar-refractivity contribution is 8.04. The Kier molecular flexibility index (Phi) is 3.86. The Morgan fingerprint density at radius 2 is 2.18 bits per heavy atom. The van der Waals surface area contributed by atoms with Gasteiger partial charge in [0.05, 0.1) is 15.0 Å². The molecule has 1 aliphatic rings. The second-order valence-electron chi connectivity index (χ2n) is 3.59. The van der Waals surface area contributed by atoms with E-state index in [0.717, 1.165) is 9.80 Å². The van der Waals surface area contributed by atoms with Crippen molar-refractivity contribution in [1.29, 1.82) is 0 Å². The Balaban J connectivity index is 2.27. The first-order valence-corrected chi connectivity index (χ1v) is 6.49. The van der Waals surface area contributed by atoms with Crippen LogP contribution in [-0.2, 0) is 0 Å². The van der Waals surface area contributed by atoms with Crippen molar-refractivity contribution in [3.05, 3.63) is 39.3 Å². The van der Waals surface area contributed by atoms with Crippen molar-refractivity contribution in [1.82, 2.24) is 4.90 Å². The zero-order valence-corrected chi connectivity index (χ0v) is 11.5. The van der Waals surface area contributed by atoms with E-state index in [1.807, 2.05) is 30.3 Å². The van der Waals surface area contributed by atoms with E-state index in [0.29, 0.717) is 22.5 Å². The summed E-state index contributed by atoms with van der Waals surface area (Å²) in [5, 5.41) is 1.08. The van der Waals surface area contributed by atoms with E-state index in [9.17, 15) is 0 Å². The summed E-state index contributed by atoms with van der Waals surface area (Å²) >= 11 is 13.5. The molecule has 0 radical (unpaired) electrons. The molecule has 0 saturated carbocycles. The zero-order chi connectivity index (χ0) is 12.4. The molecule has 0 amide bonds. The van der Waals surface area contributed by atoms with Gasteiger partial charge in [0.25, 0.3) is 0 Å². The quantitative estimate of drug-likeness (QED) is 0.908. The lowest BCUT2D eigenvalue weighted by atomic mass is 10.4. The SMILES string of the molecule is CN1C=C(Sc2cccc(Cl)c2Cl)C(N)=NC1. The minimum absolute atomic E-state index is 0.532. The molecule has 0 aromatic heterocycles. The predicted molar refractivity (Wildman–Crippen MR) is 74.7 cm³/mol. The molecular formula is C11H11Cl2N3S. The van der Waals surface area contributed by atoms with Gasteiger partial charge in [0.15, 0.2) is 0 Å². The van der Waals surface area contributed by atoms with Crippen LogP contribution in [0.5, 0.6) is 0 Å². The maximum atomic E-state index is 6.12. The number of hydrogen-bond acceptors (Lipinski definition) is 4. The number of rotatable bonds is 2. The molecule has 17 heavy (non-hydrogen) atoms. The maximum Gasteiger partial charge on any atom is 0.135 e. The van der Waals surface area contributed by atoms with Crippen LogP contribution in [0.3, 0.4) is 0 Å². The fraction of sp³-hybridized carbons (Fsp3) is 0.182. The monoisotopic (exact) mass is 287 g/mol. The molecule has 0 aliphatic carbocycles. The van der Waals surface area contributed by atoms with Crippen LogP contribution in [0, 0.1) is 0 Å². The summed E-state index contributed by atoms with van der Waals surface area (Å²) < 4.78 is 0. The van der Waals surface area contributed by atoms with E-state index in [-0.39, 0.29) is 0 Å². The number of aliphatic imine (C=N–C) groups is 1. The second-order valence-corrected chi connectivity index (χ2v) is 5.46. The summed E-state index contributed by atoms with van der Waals surface area (Å²) in [4.78, 5) is 7.90. The first-order valence-electron chi connectivity index (χ1n) is 4.92. The van der Waals surface area contributed by atoms with Crippen molar-refractivity contribution >= 4 is 40.8 Å². The standard InChI is InChI=1S/C11H11Cl2N3S/c1-16-5-9(11(14)15-6-16)17-8-4-2-3-7(12)10(8)13/h2-5H,6H2,1H3,(H2,14,15). The number of nitrogens with zero attached hydrogens (tertiary/aromatic N) is 2. The van der Waals surface area contributed by atoms with Gasteiger partial charge in [-0.15, -0.1) is 0 Å². The first-order chi connectivity index (χ1) is 8.08. The van der Waals surface area contributed by atoms with Crippen molar-refractivity contribution in [3.63, 3.8) is 0 Å². The Morgan fingerprint density at radius 3 is 2.94 bits per heavy atom. The van der Waals surface area contributed by atoms with Crippen molar-refractivity contribution in [2.75, 3.05) is 13.7 Å². The van der Waals surface area contributed by atoms with Gasteiger partial charge in [0.1, 0.15) is 12.5 Å². The van der Waals surface area contributed by atoms with Crippen molar-refractivity contribution < 1.29 is 0 Å². The molecule has 2 rings (SSSR count). The molecule has 0 spiro atoms. The lowest BCUT2D eigenvalue weighted by Crippen LogP contribution is -2.25. The number of hydrogen-bond donors (Lipinski definition) is 1. The summed E-state index contributed by atoms with van der Waals surface area (Å²) in [7, 11) is 1.94. The van der Waals surface area contributed by atoms with Gasteiger partial charge in [0.2, 0.25) is 0 Å².